The largest absolute Gasteiger partial charge is 0.457 e. The Hall–Kier alpha value is -5.71. The maximum atomic E-state index is 6.62. The highest BCUT2D eigenvalue weighted by molar-refractivity contribution is 7.17. The van der Waals surface area contributed by atoms with Crippen LogP contribution in [0.5, 0.6) is 11.5 Å². The number of fused-ring (bicyclic) bond motifs is 11. The van der Waals surface area contributed by atoms with Crippen molar-refractivity contribution in [2.45, 2.75) is 11.6 Å². The molecule has 1 aromatic heterocycles. The van der Waals surface area contributed by atoms with Crippen LogP contribution >= 0.6 is 11.3 Å². The highest BCUT2D eigenvalue weighted by atomic mass is 32.1. The van der Waals surface area contributed by atoms with Crippen LogP contribution < -0.4 is 4.74 Å². The number of thiophene rings is 1. The molecule has 1 atom stereocenters. The first-order valence-corrected chi connectivity index (χ1v) is 17.3. The van der Waals surface area contributed by atoms with Gasteiger partial charge >= 0.3 is 0 Å². The second-order valence-corrected chi connectivity index (χ2v) is 13.6. The van der Waals surface area contributed by atoms with Gasteiger partial charge in [0.2, 0.25) is 0 Å². The number of allylic oxidation sites excluding steroid dienone is 1. The van der Waals surface area contributed by atoms with E-state index in [1.807, 2.05) is 11.3 Å². The molecule has 0 fully saturated rings. The summed E-state index contributed by atoms with van der Waals surface area (Å²) in [5, 5.41) is 3.53. The van der Waals surface area contributed by atoms with Crippen molar-refractivity contribution in [1.82, 2.24) is 4.90 Å². The van der Waals surface area contributed by atoms with Gasteiger partial charge in [0.25, 0.3) is 0 Å². The molecule has 1 unspecified atom stereocenters. The van der Waals surface area contributed by atoms with Crippen molar-refractivity contribution >= 4 is 32.8 Å². The molecule has 2 aliphatic heterocycles. The predicted octanol–water partition coefficient (Wildman–Crippen LogP) is 10.8. The summed E-state index contributed by atoms with van der Waals surface area (Å²) in [5.41, 5.74) is 12.7. The minimum Gasteiger partial charge on any atom is -0.457 e. The maximum absolute atomic E-state index is 6.62. The van der Waals surface area contributed by atoms with Crippen molar-refractivity contribution in [3.63, 3.8) is 0 Å². The maximum Gasteiger partial charge on any atom is 0.147 e. The highest BCUT2D eigenvalue weighted by Crippen LogP contribution is 2.64. The van der Waals surface area contributed by atoms with E-state index in [0.29, 0.717) is 0 Å². The van der Waals surface area contributed by atoms with Crippen LogP contribution in [-0.4, -0.2) is 17.7 Å². The van der Waals surface area contributed by atoms with Crippen molar-refractivity contribution in [2.24, 2.45) is 4.99 Å². The van der Waals surface area contributed by atoms with Gasteiger partial charge in [-0.3, -0.25) is 4.99 Å². The lowest BCUT2D eigenvalue weighted by molar-refractivity contribution is 0.364. The van der Waals surface area contributed by atoms with Gasteiger partial charge in [0.15, 0.2) is 0 Å². The quantitative estimate of drug-likeness (QED) is 0.193. The van der Waals surface area contributed by atoms with Gasteiger partial charge < -0.3 is 9.64 Å². The molecule has 1 aliphatic carbocycles. The zero-order chi connectivity index (χ0) is 31.8. The minimum atomic E-state index is -0.536. The van der Waals surface area contributed by atoms with Crippen LogP contribution in [0.1, 0.15) is 45.1 Å². The van der Waals surface area contributed by atoms with Crippen LogP contribution in [0.15, 0.2) is 162 Å². The Morgan fingerprint density at radius 3 is 2.00 bits per heavy atom. The van der Waals surface area contributed by atoms with Gasteiger partial charge in [-0.05, 0) is 69.1 Å². The Balaban J connectivity index is 1.30. The van der Waals surface area contributed by atoms with Gasteiger partial charge in [0.05, 0.1) is 11.1 Å². The van der Waals surface area contributed by atoms with Gasteiger partial charge in [0.1, 0.15) is 17.7 Å². The van der Waals surface area contributed by atoms with Crippen molar-refractivity contribution in [2.75, 3.05) is 7.05 Å². The molecule has 0 radical (unpaired) electrons. The SMILES string of the molecule is CN1C(c2cc3c(c4ccsc24)-c2ccccc2C32c3ccccc3Oc3ccccc32)=CC(c2ccccc2)=NC1c1ccccc1. The lowest BCUT2D eigenvalue weighted by atomic mass is 9.66. The van der Waals surface area contributed by atoms with E-state index in [-0.39, 0.29) is 6.17 Å². The first-order chi connectivity index (χ1) is 23.7. The molecule has 7 aromatic rings. The smallest absolute Gasteiger partial charge is 0.147 e. The number of aliphatic imine (C=N–C) groups is 1. The summed E-state index contributed by atoms with van der Waals surface area (Å²) in [6.45, 7) is 0. The first-order valence-electron chi connectivity index (χ1n) is 16.4. The second-order valence-electron chi connectivity index (χ2n) is 12.7. The van der Waals surface area contributed by atoms with Gasteiger partial charge in [-0.15, -0.1) is 11.3 Å². The monoisotopic (exact) mass is 634 g/mol. The van der Waals surface area contributed by atoms with Gasteiger partial charge in [-0.1, -0.05) is 121 Å². The molecule has 0 amide bonds. The second kappa shape index (κ2) is 10.4. The Bertz CT molecular complexity index is 2410. The average molecular weight is 635 g/mol. The van der Waals surface area contributed by atoms with E-state index in [4.69, 9.17) is 9.73 Å². The number of rotatable bonds is 3. The molecule has 0 saturated carbocycles. The number of benzene rings is 6. The molecular weight excluding hydrogens is 605 g/mol. The Kier molecular flexibility index (Phi) is 5.94. The topological polar surface area (TPSA) is 24.8 Å². The van der Waals surface area contributed by atoms with Gasteiger partial charge in [0, 0.05) is 39.5 Å². The molecule has 10 rings (SSSR count). The van der Waals surface area contributed by atoms with Crippen molar-refractivity contribution in [3.05, 3.63) is 196 Å². The molecule has 48 heavy (non-hydrogen) atoms. The van der Waals surface area contributed by atoms with Gasteiger partial charge in [-0.2, -0.15) is 0 Å². The number of hydrogen-bond acceptors (Lipinski definition) is 4. The summed E-state index contributed by atoms with van der Waals surface area (Å²) in [7, 11) is 2.19. The fraction of sp³-hybridized carbons (Fsp3) is 0.0682. The lowest BCUT2D eigenvalue weighted by Gasteiger charge is -2.40. The van der Waals surface area contributed by atoms with Crippen LogP contribution in [-0.2, 0) is 5.41 Å². The molecule has 3 heterocycles. The van der Waals surface area contributed by atoms with E-state index < -0.39 is 5.41 Å². The molecule has 0 bridgehead atoms. The molecular formula is C44H30N2OS. The standard InChI is InChI=1S/C44H30N2OS/c1-46-38(27-37(28-14-4-2-5-15-28)45-43(46)29-16-6-3-7-17-29)32-26-36-41(31-24-25-48-42(31)32)30-18-8-9-19-33(30)44(36)34-20-10-12-22-39(34)47-40-23-13-11-21-35(40)44/h2-27,43H,1H3. The third-order valence-electron chi connectivity index (χ3n) is 10.3. The zero-order valence-electron chi connectivity index (χ0n) is 26.3. The van der Waals surface area contributed by atoms with Crippen molar-refractivity contribution in [1.29, 1.82) is 0 Å². The Morgan fingerprint density at radius 1 is 0.646 bits per heavy atom. The molecule has 6 aromatic carbocycles. The highest BCUT2D eigenvalue weighted by Gasteiger charge is 2.52. The molecule has 0 N–H and O–H groups in total. The van der Waals surface area contributed by atoms with E-state index in [1.165, 1.54) is 54.6 Å². The van der Waals surface area contributed by atoms with Crippen molar-refractivity contribution < 1.29 is 4.74 Å². The van der Waals surface area contributed by atoms with E-state index in [1.54, 1.807) is 0 Å². The van der Waals surface area contributed by atoms with E-state index in [0.717, 1.165) is 28.5 Å². The third kappa shape index (κ3) is 3.72. The summed E-state index contributed by atoms with van der Waals surface area (Å²) >= 11 is 1.82. The summed E-state index contributed by atoms with van der Waals surface area (Å²) < 4.78 is 7.91. The third-order valence-corrected chi connectivity index (χ3v) is 11.2. The number of para-hydroxylation sites is 2. The Labute approximate surface area is 283 Å². The molecule has 3 aliphatic rings. The summed E-state index contributed by atoms with van der Waals surface area (Å²) in [6.07, 6.45) is 2.12. The molecule has 228 valence electrons. The molecule has 4 heteroatoms. The number of hydrogen-bond donors (Lipinski definition) is 0. The van der Waals surface area contributed by atoms with Crippen LogP contribution in [0, 0.1) is 0 Å². The first kappa shape index (κ1) is 27.4. The summed E-state index contributed by atoms with van der Waals surface area (Å²) in [5.74, 6) is 1.81. The average Bonchev–Trinajstić information content (AvgIpc) is 3.75. The number of ether oxygens (including phenoxy) is 1. The van der Waals surface area contributed by atoms with E-state index in [2.05, 4.69) is 169 Å². The summed E-state index contributed by atoms with van der Waals surface area (Å²) in [6, 6.07) is 52.2. The van der Waals surface area contributed by atoms with Crippen LogP contribution in [0.2, 0.25) is 0 Å². The molecule has 0 saturated heterocycles. The fourth-order valence-electron chi connectivity index (χ4n) is 8.24. The van der Waals surface area contributed by atoms with Crippen molar-refractivity contribution in [3.8, 4) is 22.6 Å². The number of nitrogens with zero attached hydrogens (tertiary/aromatic N) is 2. The van der Waals surface area contributed by atoms with Crippen LogP contribution in [0.25, 0.3) is 26.9 Å². The zero-order valence-corrected chi connectivity index (χ0v) is 27.1. The van der Waals surface area contributed by atoms with E-state index >= 15 is 0 Å². The lowest BCUT2D eigenvalue weighted by Crippen LogP contribution is -2.32. The molecule has 3 nitrogen and oxygen atoms in total. The van der Waals surface area contributed by atoms with E-state index in [9.17, 15) is 0 Å². The summed E-state index contributed by atoms with van der Waals surface area (Å²) in [4.78, 5) is 7.70. The predicted molar refractivity (Wildman–Crippen MR) is 197 cm³/mol. The molecule has 1 spiro atoms. The van der Waals surface area contributed by atoms with Crippen LogP contribution in [0.3, 0.4) is 0 Å². The fourth-order valence-corrected chi connectivity index (χ4v) is 9.17. The van der Waals surface area contributed by atoms with Gasteiger partial charge in [-0.25, -0.2) is 0 Å². The van der Waals surface area contributed by atoms with Crippen LogP contribution in [0.4, 0.5) is 0 Å². The Morgan fingerprint density at radius 2 is 1.27 bits per heavy atom. The normalized spacial score (nSPS) is 16.8. The minimum absolute atomic E-state index is 0.166.